The van der Waals surface area contributed by atoms with Crippen LogP contribution in [-0.2, 0) is 16.0 Å². The van der Waals surface area contributed by atoms with Gasteiger partial charge < -0.3 is 15.5 Å². The maximum atomic E-state index is 12.7. The van der Waals surface area contributed by atoms with Gasteiger partial charge in [-0.1, -0.05) is 24.3 Å². The number of carbonyl (C=O) groups is 2. The Morgan fingerprint density at radius 1 is 0.931 bits per heavy atom. The van der Waals surface area contributed by atoms with E-state index in [1.807, 2.05) is 36.4 Å². The van der Waals surface area contributed by atoms with Crippen LogP contribution in [0.5, 0.6) is 0 Å². The molecular weight excluding hydrogens is 366 g/mol. The van der Waals surface area contributed by atoms with Crippen molar-refractivity contribution in [2.45, 2.75) is 26.2 Å². The van der Waals surface area contributed by atoms with Gasteiger partial charge >= 0.3 is 0 Å². The molecular formula is C22H23N5O2. The van der Waals surface area contributed by atoms with E-state index in [-0.39, 0.29) is 18.2 Å². The van der Waals surface area contributed by atoms with Gasteiger partial charge in [0.05, 0.1) is 17.5 Å². The fourth-order valence-corrected chi connectivity index (χ4v) is 3.49. The standard InChI is InChI=1S/C22H23N5O2/c1-15(28)23-17-10-8-16(9-11-17)14-20(29)26-21-22(27-12-4-5-13-27)25-19-7-3-2-6-18(19)24-21/h2-3,6-11H,4-5,12-14H2,1H3,(H,23,28)(H,24,26,29). The van der Waals surface area contributed by atoms with Crippen LogP contribution in [-0.4, -0.2) is 34.9 Å². The molecule has 2 N–H and O–H groups in total. The van der Waals surface area contributed by atoms with Crippen molar-refractivity contribution < 1.29 is 9.59 Å². The summed E-state index contributed by atoms with van der Waals surface area (Å²) in [6.45, 7) is 3.30. The molecule has 2 heterocycles. The molecule has 0 bridgehead atoms. The maximum Gasteiger partial charge on any atom is 0.230 e. The van der Waals surface area contributed by atoms with Crippen molar-refractivity contribution in [1.82, 2.24) is 9.97 Å². The lowest BCUT2D eigenvalue weighted by Crippen LogP contribution is -2.24. The highest BCUT2D eigenvalue weighted by Gasteiger charge is 2.20. The second kappa shape index (κ2) is 8.26. The second-order valence-corrected chi connectivity index (χ2v) is 7.18. The lowest BCUT2D eigenvalue weighted by atomic mass is 10.1. The van der Waals surface area contributed by atoms with E-state index in [2.05, 4.69) is 20.5 Å². The third kappa shape index (κ3) is 4.51. The highest BCUT2D eigenvalue weighted by Crippen LogP contribution is 2.28. The monoisotopic (exact) mass is 389 g/mol. The molecule has 2 amide bonds. The summed E-state index contributed by atoms with van der Waals surface area (Å²) < 4.78 is 0. The maximum absolute atomic E-state index is 12.7. The topological polar surface area (TPSA) is 87.2 Å². The smallest absolute Gasteiger partial charge is 0.230 e. The summed E-state index contributed by atoms with van der Waals surface area (Å²) in [5, 5.41) is 5.67. The van der Waals surface area contributed by atoms with Gasteiger partial charge in [-0.2, -0.15) is 0 Å². The Bertz CT molecular complexity index is 1040. The van der Waals surface area contributed by atoms with Crippen molar-refractivity contribution in [2.24, 2.45) is 0 Å². The highest BCUT2D eigenvalue weighted by atomic mass is 16.2. The van der Waals surface area contributed by atoms with Crippen LogP contribution >= 0.6 is 0 Å². The van der Waals surface area contributed by atoms with Crippen LogP contribution in [0, 0.1) is 0 Å². The number of para-hydroxylation sites is 2. The minimum absolute atomic E-state index is 0.125. The SMILES string of the molecule is CC(=O)Nc1ccc(CC(=O)Nc2nc3ccccc3nc2N2CCCC2)cc1. The summed E-state index contributed by atoms with van der Waals surface area (Å²) in [7, 11) is 0. The van der Waals surface area contributed by atoms with Crippen LogP contribution in [0.15, 0.2) is 48.5 Å². The van der Waals surface area contributed by atoms with Gasteiger partial charge in [0, 0.05) is 25.7 Å². The molecule has 7 heteroatoms. The average Bonchev–Trinajstić information content (AvgIpc) is 3.23. The van der Waals surface area contributed by atoms with Crippen LogP contribution in [0.2, 0.25) is 0 Å². The predicted octanol–water partition coefficient (Wildman–Crippen LogP) is 3.37. The Morgan fingerprint density at radius 3 is 2.24 bits per heavy atom. The highest BCUT2D eigenvalue weighted by molar-refractivity contribution is 5.95. The number of hydrogen-bond donors (Lipinski definition) is 2. The van der Waals surface area contributed by atoms with Gasteiger partial charge in [-0.05, 0) is 42.7 Å². The molecule has 1 aliphatic rings. The van der Waals surface area contributed by atoms with E-state index in [1.54, 1.807) is 12.1 Å². The molecule has 1 fully saturated rings. The van der Waals surface area contributed by atoms with Crippen molar-refractivity contribution >= 4 is 40.2 Å². The summed E-state index contributed by atoms with van der Waals surface area (Å²) in [5.41, 5.74) is 3.14. The fourth-order valence-electron chi connectivity index (χ4n) is 3.49. The molecule has 1 saturated heterocycles. The van der Waals surface area contributed by atoms with Crippen LogP contribution in [0.1, 0.15) is 25.3 Å². The number of hydrogen-bond acceptors (Lipinski definition) is 5. The van der Waals surface area contributed by atoms with Crippen LogP contribution < -0.4 is 15.5 Å². The minimum atomic E-state index is -0.151. The van der Waals surface area contributed by atoms with Crippen molar-refractivity contribution in [3.8, 4) is 0 Å². The Balaban J connectivity index is 1.53. The van der Waals surface area contributed by atoms with Gasteiger partial charge in [-0.3, -0.25) is 9.59 Å². The normalized spacial score (nSPS) is 13.5. The first-order valence-corrected chi connectivity index (χ1v) is 9.76. The summed E-state index contributed by atoms with van der Waals surface area (Å²) in [6, 6.07) is 14.9. The number of amides is 2. The predicted molar refractivity (Wildman–Crippen MR) is 114 cm³/mol. The van der Waals surface area contributed by atoms with Crippen molar-refractivity contribution in [1.29, 1.82) is 0 Å². The largest absolute Gasteiger partial charge is 0.354 e. The molecule has 3 aromatic rings. The van der Waals surface area contributed by atoms with Gasteiger partial charge in [-0.15, -0.1) is 0 Å². The molecule has 7 nitrogen and oxygen atoms in total. The number of fused-ring (bicyclic) bond motifs is 1. The third-order valence-electron chi connectivity index (χ3n) is 4.85. The molecule has 0 radical (unpaired) electrons. The molecule has 0 saturated carbocycles. The number of anilines is 3. The summed E-state index contributed by atoms with van der Waals surface area (Å²) in [4.78, 5) is 35.4. The number of aromatic nitrogens is 2. The first-order chi connectivity index (χ1) is 14.1. The van der Waals surface area contributed by atoms with E-state index in [1.165, 1.54) is 6.92 Å². The van der Waals surface area contributed by atoms with Gasteiger partial charge in [0.25, 0.3) is 0 Å². The van der Waals surface area contributed by atoms with E-state index in [9.17, 15) is 9.59 Å². The number of benzene rings is 2. The third-order valence-corrected chi connectivity index (χ3v) is 4.85. The van der Waals surface area contributed by atoms with Crippen molar-refractivity contribution in [2.75, 3.05) is 28.6 Å². The lowest BCUT2D eigenvalue weighted by molar-refractivity contribution is -0.116. The molecule has 0 unspecified atom stereocenters. The zero-order chi connectivity index (χ0) is 20.2. The van der Waals surface area contributed by atoms with Crippen LogP contribution in [0.4, 0.5) is 17.3 Å². The molecule has 29 heavy (non-hydrogen) atoms. The van der Waals surface area contributed by atoms with Crippen LogP contribution in [0.25, 0.3) is 11.0 Å². The van der Waals surface area contributed by atoms with Gasteiger partial charge in [0.2, 0.25) is 11.8 Å². The number of carbonyl (C=O) groups excluding carboxylic acids is 2. The molecule has 0 atom stereocenters. The molecule has 4 rings (SSSR count). The molecule has 0 aliphatic carbocycles. The first kappa shape index (κ1) is 18.9. The Labute approximate surface area is 169 Å². The quantitative estimate of drug-likeness (QED) is 0.699. The Morgan fingerprint density at radius 2 is 1.59 bits per heavy atom. The molecule has 148 valence electrons. The number of nitrogens with one attached hydrogen (secondary N) is 2. The van der Waals surface area contributed by atoms with E-state index < -0.39 is 0 Å². The second-order valence-electron chi connectivity index (χ2n) is 7.18. The van der Waals surface area contributed by atoms with Gasteiger partial charge in [-0.25, -0.2) is 9.97 Å². The fraction of sp³-hybridized carbons (Fsp3) is 0.273. The van der Waals surface area contributed by atoms with E-state index in [0.717, 1.165) is 48.3 Å². The number of nitrogens with zero attached hydrogens (tertiary/aromatic N) is 3. The van der Waals surface area contributed by atoms with Crippen molar-refractivity contribution in [3.63, 3.8) is 0 Å². The van der Waals surface area contributed by atoms with Gasteiger partial charge in [0.15, 0.2) is 11.6 Å². The zero-order valence-corrected chi connectivity index (χ0v) is 16.3. The Hall–Kier alpha value is -3.48. The number of rotatable bonds is 5. The summed E-state index contributed by atoms with van der Waals surface area (Å²) in [5.74, 6) is 0.961. The lowest BCUT2D eigenvalue weighted by Gasteiger charge is -2.20. The molecule has 1 aliphatic heterocycles. The van der Waals surface area contributed by atoms with E-state index in [0.29, 0.717) is 11.5 Å². The Kier molecular flexibility index (Phi) is 5.37. The van der Waals surface area contributed by atoms with Gasteiger partial charge in [0.1, 0.15) is 0 Å². The van der Waals surface area contributed by atoms with Crippen LogP contribution in [0.3, 0.4) is 0 Å². The minimum Gasteiger partial charge on any atom is -0.354 e. The average molecular weight is 389 g/mol. The zero-order valence-electron chi connectivity index (χ0n) is 16.3. The van der Waals surface area contributed by atoms with E-state index >= 15 is 0 Å². The van der Waals surface area contributed by atoms with Crippen molar-refractivity contribution in [3.05, 3.63) is 54.1 Å². The molecule has 1 aromatic heterocycles. The van der Waals surface area contributed by atoms with E-state index in [4.69, 9.17) is 4.98 Å². The molecule has 2 aromatic carbocycles. The summed E-state index contributed by atoms with van der Waals surface area (Å²) >= 11 is 0. The summed E-state index contributed by atoms with van der Waals surface area (Å²) in [6.07, 6.45) is 2.44. The molecule has 0 spiro atoms. The first-order valence-electron chi connectivity index (χ1n) is 9.76.